The Labute approximate surface area is 249 Å². The maximum absolute atomic E-state index is 2.39. The molecule has 0 aliphatic rings. The Morgan fingerprint density at radius 2 is 0.952 bits per heavy atom. The van der Waals surface area contributed by atoms with Gasteiger partial charge >= 0.3 is 0 Å². The summed E-state index contributed by atoms with van der Waals surface area (Å²) in [7, 11) is 0. The SMILES string of the molecule is c1ccc(-c2cccc(-c3ccc(N(c4ccccc4)c4cccc5c4sc4cc6ccccc6cc45)cc3)c2)cc1. The normalized spacial score (nSPS) is 11.3. The van der Waals surface area contributed by atoms with Gasteiger partial charge in [0.15, 0.2) is 0 Å². The number of para-hydroxylation sites is 1. The van der Waals surface area contributed by atoms with E-state index in [4.69, 9.17) is 0 Å². The number of hydrogen-bond acceptors (Lipinski definition) is 2. The summed E-state index contributed by atoms with van der Waals surface area (Å²) in [6.07, 6.45) is 0. The Kier molecular flexibility index (Phi) is 6.05. The van der Waals surface area contributed by atoms with Crippen LogP contribution in [0.15, 0.2) is 164 Å². The van der Waals surface area contributed by atoms with Crippen LogP contribution in [0.3, 0.4) is 0 Å². The van der Waals surface area contributed by atoms with Gasteiger partial charge in [-0.05, 0) is 81.6 Å². The van der Waals surface area contributed by atoms with E-state index in [2.05, 4.69) is 169 Å². The average molecular weight is 554 g/mol. The van der Waals surface area contributed by atoms with Gasteiger partial charge in [-0.15, -0.1) is 11.3 Å². The molecular formula is C40H27NS. The lowest BCUT2D eigenvalue weighted by Crippen LogP contribution is -2.09. The van der Waals surface area contributed by atoms with Crippen molar-refractivity contribution in [2.45, 2.75) is 0 Å². The van der Waals surface area contributed by atoms with Gasteiger partial charge in [-0.1, -0.05) is 115 Å². The predicted molar refractivity (Wildman–Crippen MR) is 182 cm³/mol. The monoisotopic (exact) mass is 553 g/mol. The number of rotatable bonds is 5. The minimum absolute atomic E-state index is 1.14. The third-order valence-electron chi connectivity index (χ3n) is 8.03. The van der Waals surface area contributed by atoms with Crippen LogP contribution in [-0.2, 0) is 0 Å². The van der Waals surface area contributed by atoms with Crippen LogP contribution in [0, 0.1) is 0 Å². The number of nitrogens with zero attached hydrogens (tertiary/aromatic N) is 1. The lowest BCUT2D eigenvalue weighted by Gasteiger charge is -2.26. The zero-order valence-electron chi connectivity index (χ0n) is 22.9. The van der Waals surface area contributed by atoms with Crippen LogP contribution >= 0.6 is 11.3 Å². The molecule has 0 radical (unpaired) electrons. The molecular weight excluding hydrogens is 527 g/mol. The van der Waals surface area contributed by atoms with E-state index in [1.165, 1.54) is 58.9 Å². The molecule has 8 aromatic rings. The first-order valence-electron chi connectivity index (χ1n) is 14.3. The van der Waals surface area contributed by atoms with Crippen molar-refractivity contribution < 1.29 is 0 Å². The molecule has 1 aromatic heterocycles. The van der Waals surface area contributed by atoms with Gasteiger partial charge in [0, 0.05) is 26.8 Å². The summed E-state index contributed by atoms with van der Waals surface area (Å²) in [5, 5.41) is 5.18. The summed E-state index contributed by atoms with van der Waals surface area (Å²) in [4.78, 5) is 2.39. The third kappa shape index (κ3) is 4.34. The smallest absolute Gasteiger partial charge is 0.0640 e. The fourth-order valence-corrected chi connectivity index (χ4v) is 7.20. The summed E-state index contributed by atoms with van der Waals surface area (Å²) in [5.41, 5.74) is 8.36. The van der Waals surface area contributed by atoms with Crippen LogP contribution in [0.1, 0.15) is 0 Å². The zero-order valence-corrected chi connectivity index (χ0v) is 23.8. The van der Waals surface area contributed by atoms with E-state index in [0.29, 0.717) is 0 Å². The Bertz CT molecular complexity index is 2180. The number of thiophene rings is 1. The van der Waals surface area contributed by atoms with Gasteiger partial charge in [0.1, 0.15) is 0 Å². The first-order chi connectivity index (χ1) is 20.8. The van der Waals surface area contributed by atoms with Crippen molar-refractivity contribution in [3.63, 3.8) is 0 Å². The van der Waals surface area contributed by atoms with Crippen molar-refractivity contribution in [3.05, 3.63) is 164 Å². The second kappa shape index (κ2) is 10.3. The highest BCUT2D eigenvalue weighted by Crippen LogP contribution is 2.45. The van der Waals surface area contributed by atoms with E-state index in [-0.39, 0.29) is 0 Å². The van der Waals surface area contributed by atoms with E-state index in [1.54, 1.807) is 0 Å². The van der Waals surface area contributed by atoms with Crippen LogP contribution in [0.25, 0.3) is 53.2 Å². The molecule has 8 rings (SSSR count). The molecule has 0 amide bonds. The summed E-state index contributed by atoms with van der Waals surface area (Å²) in [6.45, 7) is 0. The van der Waals surface area contributed by atoms with Crippen LogP contribution in [-0.4, -0.2) is 0 Å². The molecule has 198 valence electrons. The van der Waals surface area contributed by atoms with Crippen LogP contribution < -0.4 is 4.90 Å². The molecule has 0 aliphatic carbocycles. The first kappa shape index (κ1) is 24.6. The molecule has 0 atom stereocenters. The van der Waals surface area contributed by atoms with Crippen molar-refractivity contribution in [2.75, 3.05) is 4.90 Å². The minimum atomic E-state index is 1.14. The molecule has 42 heavy (non-hydrogen) atoms. The van der Waals surface area contributed by atoms with Crippen molar-refractivity contribution >= 4 is 59.3 Å². The maximum atomic E-state index is 2.39. The molecule has 7 aromatic carbocycles. The van der Waals surface area contributed by atoms with E-state index < -0.39 is 0 Å². The predicted octanol–water partition coefficient (Wildman–Crippen LogP) is 12.0. The molecule has 0 saturated carbocycles. The number of benzene rings is 7. The van der Waals surface area contributed by atoms with Crippen LogP contribution in [0.4, 0.5) is 17.1 Å². The Morgan fingerprint density at radius 1 is 0.381 bits per heavy atom. The highest BCUT2D eigenvalue weighted by molar-refractivity contribution is 7.26. The molecule has 0 N–H and O–H groups in total. The third-order valence-corrected chi connectivity index (χ3v) is 9.22. The van der Waals surface area contributed by atoms with Gasteiger partial charge in [-0.3, -0.25) is 0 Å². The van der Waals surface area contributed by atoms with Gasteiger partial charge in [0.2, 0.25) is 0 Å². The van der Waals surface area contributed by atoms with E-state index in [0.717, 1.165) is 11.4 Å². The molecule has 0 bridgehead atoms. The Morgan fingerprint density at radius 3 is 1.69 bits per heavy atom. The highest BCUT2D eigenvalue weighted by Gasteiger charge is 2.18. The summed E-state index contributed by atoms with van der Waals surface area (Å²) in [5.74, 6) is 0. The van der Waals surface area contributed by atoms with Gasteiger partial charge in [0.25, 0.3) is 0 Å². The van der Waals surface area contributed by atoms with Crippen molar-refractivity contribution in [1.82, 2.24) is 0 Å². The second-order valence-corrected chi connectivity index (χ2v) is 11.7. The first-order valence-corrected chi connectivity index (χ1v) is 15.1. The van der Waals surface area contributed by atoms with Crippen molar-refractivity contribution in [2.24, 2.45) is 0 Å². The van der Waals surface area contributed by atoms with Crippen molar-refractivity contribution in [3.8, 4) is 22.3 Å². The summed E-state index contributed by atoms with van der Waals surface area (Å²) in [6, 6.07) is 59.1. The molecule has 1 nitrogen and oxygen atoms in total. The number of anilines is 3. The maximum Gasteiger partial charge on any atom is 0.0640 e. The quantitative estimate of drug-likeness (QED) is 0.205. The van der Waals surface area contributed by atoms with E-state index in [1.807, 2.05) is 11.3 Å². The minimum Gasteiger partial charge on any atom is -0.309 e. The molecule has 0 spiro atoms. The summed E-state index contributed by atoms with van der Waals surface area (Å²) >= 11 is 1.88. The van der Waals surface area contributed by atoms with Gasteiger partial charge in [-0.25, -0.2) is 0 Å². The summed E-state index contributed by atoms with van der Waals surface area (Å²) < 4.78 is 2.61. The Balaban J connectivity index is 1.25. The molecule has 0 fully saturated rings. The largest absolute Gasteiger partial charge is 0.309 e. The molecule has 0 unspecified atom stereocenters. The van der Waals surface area contributed by atoms with Gasteiger partial charge in [-0.2, -0.15) is 0 Å². The molecule has 0 saturated heterocycles. The number of fused-ring (bicyclic) bond motifs is 4. The van der Waals surface area contributed by atoms with E-state index >= 15 is 0 Å². The lowest BCUT2D eigenvalue weighted by molar-refractivity contribution is 1.30. The standard InChI is InChI=1S/C40H27NS/c1-3-11-28(12-4-1)30-15-9-16-31(25-30)29-21-23-35(24-22-29)41(34-17-5-2-6-18-34)38-20-10-19-36-37-26-32-13-7-8-14-33(32)27-39(37)42-40(36)38/h1-27H. The van der Waals surface area contributed by atoms with Gasteiger partial charge < -0.3 is 4.90 Å². The topological polar surface area (TPSA) is 3.24 Å². The van der Waals surface area contributed by atoms with Crippen LogP contribution in [0.5, 0.6) is 0 Å². The van der Waals surface area contributed by atoms with Gasteiger partial charge in [0.05, 0.1) is 10.4 Å². The number of hydrogen-bond donors (Lipinski definition) is 0. The molecule has 0 aliphatic heterocycles. The zero-order chi connectivity index (χ0) is 27.9. The Hall–Kier alpha value is -5.18. The van der Waals surface area contributed by atoms with Crippen LogP contribution in [0.2, 0.25) is 0 Å². The van der Waals surface area contributed by atoms with E-state index in [9.17, 15) is 0 Å². The molecule has 1 heterocycles. The highest BCUT2D eigenvalue weighted by atomic mass is 32.1. The van der Waals surface area contributed by atoms with Crippen molar-refractivity contribution in [1.29, 1.82) is 0 Å². The molecule has 2 heteroatoms. The fraction of sp³-hybridized carbons (Fsp3) is 0. The lowest BCUT2D eigenvalue weighted by atomic mass is 9.99. The fourth-order valence-electron chi connectivity index (χ4n) is 5.96. The second-order valence-electron chi connectivity index (χ2n) is 10.6. The average Bonchev–Trinajstić information content (AvgIpc) is 3.43.